The summed E-state index contributed by atoms with van der Waals surface area (Å²) in [5, 5.41) is 9.36. The first-order chi connectivity index (χ1) is 15.5. The number of carbonyl (C=O) groups is 2. The summed E-state index contributed by atoms with van der Waals surface area (Å²) in [5.41, 5.74) is 2.00. The Balaban J connectivity index is 1.73. The van der Waals surface area contributed by atoms with Crippen molar-refractivity contribution in [3.63, 3.8) is 0 Å². The van der Waals surface area contributed by atoms with Gasteiger partial charge >= 0.3 is 0 Å². The highest BCUT2D eigenvalue weighted by atomic mass is 19.1. The molecule has 0 aliphatic heterocycles. The lowest BCUT2D eigenvalue weighted by atomic mass is 10.1. The monoisotopic (exact) mass is 431 g/mol. The molecule has 0 saturated heterocycles. The van der Waals surface area contributed by atoms with Gasteiger partial charge in [0, 0.05) is 18.7 Å². The highest BCUT2D eigenvalue weighted by Crippen LogP contribution is 2.36. The molecule has 4 aromatic rings. The summed E-state index contributed by atoms with van der Waals surface area (Å²) in [6, 6.07) is 16.4. The molecule has 0 bridgehead atoms. The molecule has 2 amide bonds. The standard InChI is InChI=1S/C23H18FN5O3/c1-14(30)26-18-11-12-25-22(27-18)20-21(16-7-9-17(24)10-8-16)29-32-23(20)28-19(31)13-15-5-3-2-4-6-15/h2-12H,13H2,1H3,(H,28,31)(H,25,26,27,30). The van der Waals surface area contributed by atoms with Gasteiger partial charge in [0.1, 0.15) is 22.9 Å². The summed E-state index contributed by atoms with van der Waals surface area (Å²) >= 11 is 0. The molecule has 2 N–H and O–H groups in total. The van der Waals surface area contributed by atoms with E-state index in [1.807, 2.05) is 30.3 Å². The maximum Gasteiger partial charge on any atom is 0.243 e. The SMILES string of the molecule is CC(=O)Nc1ccnc(-c2c(-c3ccc(F)cc3)noc2NC(=O)Cc2ccccc2)n1. The number of nitrogens with zero attached hydrogens (tertiary/aromatic N) is 3. The van der Waals surface area contributed by atoms with Crippen molar-refractivity contribution in [2.45, 2.75) is 13.3 Å². The molecule has 9 heteroatoms. The number of hydrogen-bond donors (Lipinski definition) is 2. The van der Waals surface area contributed by atoms with E-state index in [0.29, 0.717) is 16.8 Å². The predicted molar refractivity (Wildman–Crippen MR) is 116 cm³/mol. The van der Waals surface area contributed by atoms with Crippen LogP contribution in [0, 0.1) is 5.82 Å². The Hall–Kier alpha value is -4.40. The van der Waals surface area contributed by atoms with Gasteiger partial charge < -0.3 is 9.84 Å². The molecule has 32 heavy (non-hydrogen) atoms. The Labute approximate surface area is 182 Å². The molecule has 0 aliphatic rings. The van der Waals surface area contributed by atoms with Crippen molar-refractivity contribution in [3.8, 4) is 22.6 Å². The minimum atomic E-state index is -0.404. The van der Waals surface area contributed by atoms with Gasteiger partial charge in [-0.05, 0) is 35.9 Å². The zero-order valence-corrected chi connectivity index (χ0v) is 17.0. The summed E-state index contributed by atoms with van der Waals surface area (Å²) in [4.78, 5) is 32.6. The smallest absolute Gasteiger partial charge is 0.243 e. The number of rotatable bonds is 6. The number of carbonyl (C=O) groups excluding carboxylic acids is 2. The summed E-state index contributed by atoms with van der Waals surface area (Å²) in [6.07, 6.45) is 1.59. The van der Waals surface area contributed by atoms with Crippen LogP contribution in [0.1, 0.15) is 12.5 Å². The molecule has 2 aromatic carbocycles. The van der Waals surface area contributed by atoms with Gasteiger partial charge in [-0.2, -0.15) is 0 Å². The van der Waals surface area contributed by atoms with Gasteiger partial charge in [-0.1, -0.05) is 35.5 Å². The lowest BCUT2D eigenvalue weighted by Crippen LogP contribution is -2.14. The largest absolute Gasteiger partial charge is 0.337 e. The lowest BCUT2D eigenvalue weighted by molar-refractivity contribution is -0.116. The van der Waals surface area contributed by atoms with E-state index in [9.17, 15) is 14.0 Å². The lowest BCUT2D eigenvalue weighted by Gasteiger charge is -2.07. The molecule has 8 nitrogen and oxygen atoms in total. The summed E-state index contributed by atoms with van der Waals surface area (Å²) in [7, 11) is 0. The van der Waals surface area contributed by atoms with Crippen molar-refractivity contribution < 1.29 is 18.5 Å². The zero-order valence-electron chi connectivity index (χ0n) is 17.0. The normalized spacial score (nSPS) is 10.6. The second-order valence-electron chi connectivity index (χ2n) is 6.90. The van der Waals surface area contributed by atoms with E-state index in [4.69, 9.17) is 4.52 Å². The third-order valence-electron chi connectivity index (χ3n) is 4.45. The Morgan fingerprint density at radius 1 is 1.00 bits per heavy atom. The van der Waals surface area contributed by atoms with Crippen LogP contribution < -0.4 is 10.6 Å². The van der Waals surface area contributed by atoms with Crippen LogP contribution in [-0.4, -0.2) is 26.9 Å². The Kier molecular flexibility index (Phi) is 5.98. The quantitative estimate of drug-likeness (QED) is 0.476. The average Bonchev–Trinajstić information content (AvgIpc) is 3.18. The molecular weight excluding hydrogens is 413 g/mol. The minimum absolute atomic E-state index is 0.0465. The fraction of sp³-hybridized carbons (Fsp3) is 0.0870. The second-order valence-corrected chi connectivity index (χ2v) is 6.90. The van der Waals surface area contributed by atoms with Gasteiger partial charge in [0.05, 0.1) is 6.42 Å². The maximum atomic E-state index is 13.4. The molecule has 0 aliphatic carbocycles. The first kappa shape index (κ1) is 20.9. The third kappa shape index (κ3) is 4.84. The molecule has 0 saturated carbocycles. The molecule has 160 valence electrons. The minimum Gasteiger partial charge on any atom is -0.337 e. The van der Waals surface area contributed by atoms with Crippen LogP contribution >= 0.6 is 0 Å². The number of amides is 2. The molecule has 0 unspecified atom stereocenters. The Morgan fingerprint density at radius 2 is 1.75 bits per heavy atom. The Bertz CT molecular complexity index is 1260. The van der Waals surface area contributed by atoms with E-state index in [-0.39, 0.29) is 35.8 Å². The summed E-state index contributed by atoms with van der Waals surface area (Å²) in [6.45, 7) is 1.36. The van der Waals surface area contributed by atoms with Crippen LogP contribution in [0.4, 0.5) is 16.1 Å². The van der Waals surface area contributed by atoms with Crippen LogP contribution in [0.3, 0.4) is 0 Å². The topological polar surface area (TPSA) is 110 Å². The van der Waals surface area contributed by atoms with E-state index in [0.717, 1.165) is 5.56 Å². The number of nitrogens with one attached hydrogen (secondary N) is 2. The van der Waals surface area contributed by atoms with Gasteiger partial charge in [-0.25, -0.2) is 14.4 Å². The molecule has 2 aromatic heterocycles. The molecule has 0 spiro atoms. The van der Waals surface area contributed by atoms with Gasteiger partial charge in [0.25, 0.3) is 0 Å². The van der Waals surface area contributed by atoms with E-state index < -0.39 is 5.82 Å². The predicted octanol–water partition coefficient (Wildman–Crippen LogP) is 4.08. The van der Waals surface area contributed by atoms with Crippen molar-refractivity contribution in [1.29, 1.82) is 0 Å². The Morgan fingerprint density at radius 3 is 2.47 bits per heavy atom. The first-order valence-electron chi connectivity index (χ1n) is 9.70. The van der Waals surface area contributed by atoms with Gasteiger partial charge in [0.15, 0.2) is 5.82 Å². The maximum absolute atomic E-state index is 13.4. The number of halogens is 1. The van der Waals surface area contributed by atoms with Crippen molar-refractivity contribution in [2.75, 3.05) is 10.6 Å². The van der Waals surface area contributed by atoms with E-state index in [2.05, 4.69) is 25.8 Å². The highest BCUT2D eigenvalue weighted by molar-refractivity contribution is 5.97. The average molecular weight is 431 g/mol. The van der Waals surface area contributed by atoms with Gasteiger partial charge in [0.2, 0.25) is 17.7 Å². The number of aromatic nitrogens is 3. The molecule has 0 radical (unpaired) electrons. The summed E-state index contributed by atoms with van der Waals surface area (Å²) < 4.78 is 18.8. The zero-order chi connectivity index (χ0) is 22.5. The molecule has 0 fully saturated rings. The van der Waals surface area contributed by atoms with Crippen molar-refractivity contribution in [3.05, 3.63) is 78.2 Å². The fourth-order valence-corrected chi connectivity index (χ4v) is 3.07. The van der Waals surface area contributed by atoms with Crippen molar-refractivity contribution in [2.24, 2.45) is 0 Å². The second kappa shape index (κ2) is 9.17. The number of benzene rings is 2. The van der Waals surface area contributed by atoms with Crippen LogP contribution in [0.2, 0.25) is 0 Å². The first-order valence-corrected chi connectivity index (χ1v) is 9.70. The van der Waals surface area contributed by atoms with E-state index in [1.165, 1.54) is 43.5 Å². The van der Waals surface area contributed by atoms with Gasteiger partial charge in [-0.15, -0.1) is 0 Å². The number of anilines is 2. The van der Waals surface area contributed by atoms with Crippen LogP contribution in [0.25, 0.3) is 22.6 Å². The van der Waals surface area contributed by atoms with Crippen molar-refractivity contribution >= 4 is 23.5 Å². The highest BCUT2D eigenvalue weighted by Gasteiger charge is 2.24. The van der Waals surface area contributed by atoms with Crippen molar-refractivity contribution in [1.82, 2.24) is 15.1 Å². The summed E-state index contributed by atoms with van der Waals surface area (Å²) in [5.74, 6) is -0.529. The van der Waals surface area contributed by atoms with E-state index >= 15 is 0 Å². The number of hydrogen-bond acceptors (Lipinski definition) is 6. The van der Waals surface area contributed by atoms with Crippen LogP contribution in [-0.2, 0) is 16.0 Å². The van der Waals surface area contributed by atoms with Crippen LogP contribution in [0.5, 0.6) is 0 Å². The molecule has 0 atom stereocenters. The third-order valence-corrected chi connectivity index (χ3v) is 4.45. The van der Waals surface area contributed by atoms with Crippen LogP contribution in [0.15, 0.2) is 71.4 Å². The molecule has 2 heterocycles. The van der Waals surface area contributed by atoms with E-state index in [1.54, 1.807) is 0 Å². The fourth-order valence-electron chi connectivity index (χ4n) is 3.07. The molecule has 4 rings (SSSR count). The van der Waals surface area contributed by atoms with Gasteiger partial charge in [-0.3, -0.25) is 14.9 Å². The molecular formula is C23H18FN5O3.